The average molecular weight is 259 g/mol. The first kappa shape index (κ1) is 12.3. The van der Waals surface area contributed by atoms with E-state index in [1.165, 1.54) is 19.0 Å². The molecule has 1 saturated heterocycles. The van der Waals surface area contributed by atoms with Gasteiger partial charge in [-0.15, -0.1) is 0 Å². The molecule has 0 aromatic carbocycles. The van der Waals surface area contributed by atoms with Crippen LogP contribution in [0.2, 0.25) is 5.02 Å². The number of hydrogen-bond donors (Lipinski definition) is 1. The van der Waals surface area contributed by atoms with Gasteiger partial charge >= 0.3 is 5.82 Å². The highest BCUT2D eigenvalue weighted by Gasteiger charge is 2.19. The zero-order chi connectivity index (χ0) is 12.3. The molecule has 0 amide bonds. The fourth-order valence-corrected chi connectivity index (χ4v) is 2.35. The maximum Gasteiger partial charge on any atom is 0.408 e. The Labute approximate surface area is 104 Å². The van der Waals surface area contributed by atoms with Crippen LogP contribution in [0.1, 0.15) is 25.7 Å². The average Bonchev–Trinajstić information content (AvgIpc) is 2.88. The fraction of sp³-hybridized carbons (Fsp3) is 0.700. The van der Waals surface area contributed by atoms with Crippen LogP contribution in [0, 0.1) is 10.1 Å². The molecule has 1 atom stereocenters. The van der Waals surface area contributed by atoms with Gasteiger partial charge in [-0.05, 0) is 37.2 Å². The molecule has 6 nitrogen and oxygen atoms in total. The molecule has 0 spiro atoms. The highest BCUT2D eigenvalue weighted by Crippen LogP contribution is 2.21. The van der Waals surface area contributed by atoms with Crippen molar-refractivity contribution >= 4 is 17.4 Å². The van der Waals surface area contributed by atoms with Gasteiger partial charge in [0.2, 0.25) is 0 Å². The SMILES string of the molecule is O=[N+]([O-])c1nn(CCCC2CCCN2)cc1Cl. The van der Waals surface area contributed by atoms with Crippen molar-refractivity contribution in [2.24, 2.45) is 0 Å². The normalized spacial score (nSPS) is 19.7. The lowest BCUT2D eigenvalue weighted by Gasteiger charge is -2.08. The van der Waals surface area contributed by atoms with E-state index in [1.54, 1.807) is 4.68 Å². The quantitative estimate of drug-likeness (QED) is 0.647. The third-order valence-electron chi connectivity index (χ3n) is 2.97. The molecule has 2 heterocycles. The second-order valence-corrected chi connectivity index (χ2v) is 4.66. The number of nitrogens with one attached hydrogen (secondary N) is 1. The minimum Gasteiger partial charge on any atom is -0.358 e. The molecule has 1 fully saturated rings. The van der Waals surface area contributed by atoms with Crippen LogP contribution in [0.5, 0.6) is 0 Å². The summed E-state index contributed by atoms with van der Waals surface area (Å²) in [7, 11) is 0. The zero-order valence-electron chi connectivity index (χ0n) is 9.43. The minimum atomic E-state index is -0.558. The van der Waals surface area contributed by atoms with Crippen molar-refractivity contribution in [2.75, 3.05) is 6.54 Å². The van der Waals surface area contributed by atoms with E-state index in [0.717, 1.165) is 19.4 Å². The molecule has 1 aromatic rings. The van der Waals surface area contributed by atoms with Crippen molar-refractivity contribution < 1.29 is 4.92 Å². The molecule has 1 aliphatic heterocycles. The predicted octanol–water partition coefficient (Wildman–Crippen LogP) is 1.98. The number of aromatic nitrogens is 2. The van der Waals surface area contributed by atoms with Crippen LogP contribution in [-0.2, 0) is 6.54 Å². The summed E-state index contributed by atoms with van der Waals surface area (Å²) < 4.78 is 1.55. The molecular weight excluding hydrogens is 244 g/mol. The van der Waals surface area contributed by atoms with Crippen molar-refractivity contribution in [3.8, 4) is 0 Å². The van der Waals surface area contributed by atoms with Crippen LogP contribution in [-0.4, -0.2) is 27.3 Å². The van der Waals surface area contributed by atoms with Gasteiger partial charge in [-0.1, -0.05) is 11.6 Å². The molecule has 2 rings (SSSR count). The summed E-state index contributed by atoms with van der Waals surface area (Å²) in [6, 6.07) is 0.594. The van der Waals surface area contributed by atoms with Gasteiger partial charge in [-0.2, -0.15) is 4.68 Å². The summed E-state index contributed by atoms with van der Waals surface area (Å²) in [6.07, 6.45) is 6.00. The van der Waals surface area contributed by atoms with Gasteiger partial charge in [0.25, 0.3) is 0 Å². The number of aryl methyl sites for hydroxylation is 1. The maximum absolute atomic E-state index is 10.6. The first-order valence-electron chi connectivity index (χ1n) is 5.77. The maximum atomic E-state index is 10.6. The smallest absolute Gasteiger partial charge is 0.358 e. The number of halogens is 1. The molecule has 17 heavy (non-hydrogen) atoms. The number of rotatable bonds is 5. The summed E-state index contributed by atoms with van der Waals surface area (Å²) >= 11 is 5.71. The fourth-order valence-electron chi connectivity index (χ4n) is 2.13. The monoisotopic (exact) mass is 258 g/mol. The third kappa shape index (κ3) is 3.17. The summed E-state index contributed by atoms with van der Waals surface area (Å²) in [4.78, 5) is 10.00. The highest BCUT2D eigenvalue weighted by atomic mass is 35.5. The van der Waals surface area contributed by atoms with E-state index in [9.17, 15) is 10.1 Å². The van der Waals surface area contributed by atoms with Gasteiger partial charge in [0.05, 0.1) is 17.8 Å². The van der Waals surface area contributed by atoms with Crippen LogP contribution in [0.15, 0.2) is 6.20 Å². The Hall–Kier alpha value is -1.14. The second kappa shape index (κ2) is 5.46. The number of nitrogens with zero attached hydrogens (tertiary/aromatic N) is 3. The van der Waals surface area contributed by atoms with E-state index in [-0.39, 0.29) is 10.8 Å². The molecular formula is C10H15ClN4O2. The van der Waals surface area contributed by atoms with E-state index < -0.39 is 4.92 Å². The third-order valence-corrected chi connectivity index (χ3v) is 3.24. The van der Waals surface area contributed by atoms with Crippen molar-refractivity contribution in [1.82, 2.24) is 15.1 Å². The molecule has 1 unspecified atom stereocenters. The van der Waals surface area contributed by atoms with Crippen LogP contribution in [0.3, 0.4) is 0 Å². The first-order chi connectivity index (χ1) is 8.16. The Morgan fingerprint density at radius 2 is 2.53 bits per heavy atom. The van der Waals surface area contributed by atoms with Gasteiger partial charge in [-0.3, -0.25) is 0 Å². The van der Waals surface area contributed by atoms with Crippen molar-refractivity contribution in [3.05, 3.63) is 21.3 Å². The van der Waals surface area contributed by atoms with Crippen LogP contribution < -0.4 is 5.32 Å². The molecule has 0 saturated carbocycles. The summed E-state index contributed by atoms with van der Waals surface area (Å²) in [5.41, 5.74) is 0. The van der Waals surface area contributed by atoms with Gasteiger partial charge in [0, 0.05) is 6.04 Å². The second-order valence-electron chi connectivity index (χ2n) is 4.26. The van der Waals surface area contributed by atoms with Crippen LogP contribution >= 0.6 is 11.6 Å². The Morgan fingerprint density at radius 1 is 1.71 bits per heavy atom. The molecule has 1 N–H and O–H groups in total. The molecule has 94 valence electrons. The van der Waals surface area contributed by atoms with E-state index >= 15 is 0 Å². The lowest BCUT2D eigenvalue weighted by Crippen LogP contribution is -2.21. The van der Waals surface area contributed by atoms with Crippen molar-refractivity contribution in [2.45, 2.75) is 38.3 Å². The van der Waals surface area contributed by atoms with Gasteiger partial charge in [0.15, 0.2) is 5.02 Å². The Balaban J connectivity index is 1.82. The summed E-state index contributed by atoms with van der Waals surface area (Å²) in [6.45, 7) is 1.77. The lowest BCUT2D eigenvalue weighted by molar-refractivity contribution is -0.389. The van der Waals surface area contributed by atoms with E-state index in [0.29, 0.717) is 12.6 Å². The summed E-state index contributed by atoms with van der Waals surface area (Å²) in [5.74, 6) is -0.259. The van der Waals surface area contributed by atoms with E-state index in [2.05, 4.69) is 10.4 Å². The standard InChI is InChI=1S/C10H15ClN4O2/c11-9-7-14(13-10(9)15(16)17)6-2-4-8-3-1-5-12-8/h7-8,12H,1-6H2. The van der Waals surface area contributed by atoms with Gasteiger partial charge in [-0.25, -0.2) is 0 Å². The van der Waals surface area contributed by atoms with Gasteiger partial charge in [0.1, 0.15) is 0 Å². The molecule has 0 bridgehead atoms. The van der Waals surface area contributed by atoms with Crippen LogP contribution in [0.25, 0.3) is 0 Å². The Morgan fingerprint density at radius 3 is 3.12 bits per heavy atom. The highest BCUT2D eigenvalue weighted by molar-refractivity contribution is 6.32. The van der Waals surface area contributed by atoms with Crippen molar-refractivity contribution in [1.29, 1.82) is 0 Å². The first-order valence-corrected chi connectivity index (χ1v) is 6.15. The Kier molecular flexibility index (Phi) is 3.96. The Bertz CT molecular complexity index is 401. The predicted molar refractivity (Wildman–Crippen MR) is 64.2 cm³/mol. The summed E-state index contributed by atoms with van der Waals surface area (Å²) in [5, 5.41) is 17.9. The van der Waals surface area contributed by atoms with E-state index in [4.69, 9.17) is 11.6 Å². The minimum absolute atomic E-state index is 0.106. The molecule has 7 heteroatoms. The van der Waals surface area contributed by atoms with Crippen molar-refractivity contribution in [3.63, 3.8) is 0 Å². The molecule has 1 aromatic heterocycles. The zero-order valence-corrected chi connectivity index (χ0v) is 10.2. The van der Waals surface area contributed by atoms with Crippen LogP contribution in [0.4, 0.5) is 5.82 Å². The number of nitro groups is 1. The molecule has 0 aliphatic carbocycles. The molecule has 1 aliphatic rings. The molecule has 0 radical (unpaired) electrons. The van der Waals surface area contributed by atoms with Gasteiger partial charge < -0.3 is 15.4 Å². The largest absolute Gasteiger partial charge is 0.408 e. The number of hydrogen-bond acceptors (Lipinski definition) is 4. The van der Waals surface area contributed by atoms with E-state index in [1.807, 2.05) is 0 Å². The lowest BCUT2D eigenvalue weighted by atomic mass is 10.1. The topological polar surface area (TPSA) is 73.0 Å².